The fourth-order valence-corrected chi connectivity index (χ4v) is 4.40. The van der Waals surface area contributed by atoms with Crippen molar-refractivity contribution in [1.29, 1.82) is 0 Å². The number of hydrogen-bond donors (Lipinski definition) is 0. The molecular formula is C23H34N4O2. The van der Waals surface area contributed by atoms with Gasteiger partial charge in [-0.2, -0.15) is 0 Å². The second-order valence-corrected chi connectivity index (χ2v) is 8.36. The maximum absolute atomic E-state index is 10.8. The van der Waals surface area contributed by atoms with Crippen LogP contribution in [0.25, 0.3) is 0 Å². The highest BCUT2D eigenvalue weighted by molar-refractivity contribution is 5.76. The summed E-state index contributed by atoms with van der Waals surface area (Å²) in [4.78, 5) is 25.1. The van der Waals surface area contributed by atoms with Gasteiger partial charge in [0.05, 0.1) is 5.56 Å². The topological polar surface area (TPSA) is 58.6 Å². The Morgan fingerprint density at radius 2 is 1.93 bits per heavy atom. The fourth-order valence-electron chi connectivity index (χ4n) is 4.40. The summed E-state index contributed by atoms with van der Waals surface area (Å²) in [6.07, 6.45) is 11.3. The summed E-state index contributed by atoms with van der Waals surface area (Å²) in [5.41, 5.74) is 0.774. The van der Waals surface area contributed by atoms with E-state index in [4.69, 9.17) is 4.74 Å². The molecule has 3 atom stereocenters. The average molecular weight is 399 g/mol. The zero-order chi connectivity index (χ0) is 20.6. The first-order valence-corrected chi connectivity index (χ1v) is 11.0. The monoisotopic (exact) mass is 398 g/mol. The number of Topliss-reactive ketones (excluding diaryl/α,β-unsaturated/α-hetero) is 1. The van der Waals surface area contributed by atoms with Crippen molar-refractivity contribution in [3.05, 3.63) is 18.0 Å². The molecule has 0 saturated carbocycles. The van der Waals surface area contributed by atoms with Crippen LogP contribution < -0.4 is 4.90 Å². The number of aromatic nitrogens is 2. The Labute approximate surface area is 175 Å². The molecule has 0 spiro atoms. The maximum atomic E-state index is 10.8. The molecule has 1 aromatic rings. The fraction of sp³-hybridized carbons (Fsp3) is 0.696. The van der Waals surface area contributed by atoms with E-state index in [1.54, 1.807) is 12.4 Å². The van der Waals surface area contributed by atoms with E-state index in [0.717, 1.165) is 24.6 Å². The predicted molar refractivity (Wildman–Crippen MR) is 115 cm³/mol. The largest absolute Gasteiger partial charge is 0.361 e. The lowest BCUT2D eigenvalue weighted by Crippen LogP contribution is -2.56. The lowest BCUT2D eigenvalue weighted by Gasteiger charge is -2.43. The van der Waals surface area contributed by atoms with Crippen LogP contribution in [0, 0.1) is 11.8 Å². The standard InChI is InChI=1S/C23H34N4O2/c1-4-5-6-8-18(2)26-15-21-10-11-22(16-26)27(21)23-24-13-20(14-25-23)9-7-12-29-17-19(3)28/h13-14,18,21-22H,4-6,8,10-12,15-17H2,1-3H3. The van der Waals surface area contributed by atoms with Gasteiger partial charge in [0.1, 0.15) is 13.2 Å². The molecule has 2 bridgehead atoms. The van der Waals surface area contributed by atoms with Crippen LogP contribution in [-0.4, -0.2) is 65.1 Å². The molecule has 0 aliphatic carbocycles. The van der Waals surface area contributed by atoms with Crippen LogP contribution in [0.2, 0.25) is 0 Å². The van der Waals surface area contributed by atoms with Crippen molar-refractivity contribution in [3.8, 4) is 11.8 Å². The molecule has 2 fully saturated rings. The number of anilines is 1. The van der Waals surface area contributed by atoms with E-state index in [1.165, 1.54) is 45.4 Å². The summed E-state index contributed by atoms with van der Waals surface area (Å²) in [6, 6.07) is 1.69. The summed E-state index contributed by atoms with van der Waals surface area (Å²) < 4.78 is 5.16. The molecule has 29 heavy (non-hydrogen) atoms. The molecule has 6 heteroatoms. The predicted octanol–water partition coefficient (Wildman–Crippen LogP) is 3.06. The molecule has 0 N–H and O–H groups in total. The zero-order valence-electron chi connectivity index (χ0n) is 18.1. The average Bonchev–Trinajstić information content (AvgIpc) is 2.97. The number of unbranched alkanes of at least 4 members (excludes halogenated alkanes) is 2. The lowest BCUT2D eigenvalue weighted by molar-refractivity contribution is -0.120. The van der Waals surface area contributed by atoms with Crippen molar-refractivity contribution >= 4 is 11.7 Å². The van der Waals surface area contributed by atoms with Crippen LogP contribution in [0.1, 0.15) is 64.9 Å². The molecule has 0 aromatic carbocycles. The van der Waals surface area contributed by atoms with E-state index < -0.39 is 0 Å². The molecule has 2 aliphatic rings. The van der Waals surface area contributed by atoms with Gasteiger partial charge in [-0.3, -0.25) is 9.69 Å². The highest BCUT2D eigenvalue weighted by Crippen LogP contribution is 2.34. The summed E-state index contributed by atoms with van der Waals surface area (Å²) in [5, 5.41) is 0. The van der Waals surface area contributed by atoms with Crippen LogP contribution in [0.5, 0.6) is 0 Å². The third-order valence-electron chi connectivity index (χ3n) is 5.94. The first-order chi connectivity index (χ1) is 14.1. The minimum atomic E-state index is 0.00423. The normalized spacial score (nSPS) is 22.2. The van der Waals surface area contributed by atoms with Gasteiger partial charge in [-0.25, -0.2) is 9.97 Å². The Kier molecular flexibility index (Phi) is 8.02. The SMILES string of the molecule is CCCCCC(C)N1CC2CCC(C1)N2c1ncc(C#CCOCC(C)=O)cn1. The van der Waals surface area contributed by atoms with Gasteiger partial charge in [-0.05, 0) is 33.1 Å². The van der Waals surface area contributed by atoms with Gasteiger partial charge in [0, 0.05) is 43.6 Å². The van der Waals surface area contributed by atoms with Gasteiger partial charge in [-0.15, -0.1) is 0 Å². The van der Waals surface area contributed by atoms with Crippen molar-refractivity contribution in [2.45, 2.75) is 77.4 Å². The molecule has 2 saturated heterocycles. The third kappa shape index (κ3) is 6.01. The molecule has 158 valence electrons. The van der Waals surface area contributed by atoms with Crippen LogP contribution in [0.3, 0.4) is 0 Å². The summed E-state index contributed by atoms with van der Waals surface area (Å²) >= 11 is 0. The number of fused-ring (bicyclic) bond motifs is 2. The van der Waals surface area contributed by atoms with Gasteiger partial charge < -0.3 is 9.64 Å². The Morgan fingerprint density at radius 1 is 1.24 bits per heavy atom. The maximum Gasteiger partial charge on any atom is 0.225 e. The first-order valence-electron chi connectivity index (χ1n) is 11.0. The number of piperazine rings is 1. The lowest BCUT2D eigenvalue weighted by atomic mass is 10.1. The summed E-state index contributed by atoms with van der Waals surface area (Å²) in [5.74, 6) is 6.73. The van der Waals surface area contributed by atoms with Gasteiger partial charge in [0.25, 0.3) is 0 Å². The van der Waals surface area contributed by atoms with Crippen molar-refractivity contribution in [2.75, 3.05) is 31.2 Å². The Balaban J connectivity index is 1.54. The van der Waals surface area contributed by atoms with Crippen LogP contribution >= 0.6 is 0 Å². The van der Waals surface area contributed by atoms with Crippen molar-refractivity contribution in [3.63, 3.8) is 0 Å². The number of hydrogen-bond acceptors (Lipinski definition) is 6. The number of carbonyl (C=O) groups is 1. The summed E-state index contributed by atoms with van der Waals surface area (Å²) in [6.45, 7) is 8.72. The molecular weight excluding hydrogens is 364 g/mol. The Hall–Kier alpha value is -1.97. The van der Waals surface area contributed by atoms with Gasteiger partial charge in [-0.1, -0.05) is 38.0 Å². The second kappa shape index (κ2) is 10.7. The van der Waals surface area contributed by atoms with Crippen molar-refractivity contribution in [1.82, 2.24) is 14.9 Å². The number of ketones is 1. The number of ether oxygens (including phenoxy) is 1. The molecule has 3 unspecified atom stereocenters. The number of rotatable bonds is 9. The molecule has 3 heterocycles. The van der Waals surface area contributed by atoms with Crippen molar-refractivity contribution in [2.24, 2.45) is 0 Å². The smallest absolute Gasteiger partial charge is 0.225 e. The second-order valence-electron chi connectivity index (χ2n) is 8.36. The molecule has 3 rings (SSSR count). The molecule has 0 radical (unpaired) electrons. The van der Waals surface area contributed by atoms with E-state index in [1.807, 2.05) is 0 Å². The Bertz CT molecular complexity index is 711. The number of likely N-dealkylation sites (tertiary alicyclic amines) is 1. The minimum absolute atomic E-state index is 0.00423. The van der Waals surface area contributed by atoms with Gasteiger partial charge in [0.15, 0.2) is 5.78 Å². The quantitative estimate of drug-likeness (QED) is 0.471. The first kappa shape index (κ1) is 21.7. The van der Waals surface area contributed by atoms with E-state index in [0.29, 0.717) is 18.1 Å². The zero-order valence-corrected chi connectivity index (χ0v) is 18.1. The van der Waals surface area contributed by atoms with E-state index in [9.17, 15) is 4.79 Å². The van der Waals surface area contributed by atoms with Crippen LogP contribution in [0.4, 0.5) is 5.95 Å². The molecule has 1 aromatic heterocycles. The van der Waals surface area contributed by atoms with Gasteiger partial charge in [0.2, 0.25) is 5.95 Å². The molecule has 2 aliphatic heterocycles. The number of carbonyl (C=O) groups excluding carboxylic acids is 1. The minimum Gasteiger partial charge on any atom is -0.361 e. The molecule has 6 nitrogen and oxygen atoms in total. The van der Waals surface area contributed by atoms with Crippen molar-refractivity contribution < 1.29 is 9.53 Å². The number of nitrogens with zero attached hydrogens (tertiary/aromatic N) is 4. The Morgan fingerprint density at radius 3 is 2.55 bits per heavy atom. The van der Waals surface area contributed by atoms with E-state index in [-0.39, 0.29) is 19.0 Å². The highest BCUT2D eigenvalue weighted by atomic mass is 16.5. The van der Waals surface area contributed by atoms with Crippen LogP contribution in [0.15, 0.2) is 12.4 Å². The van der Waals surface area contributed by atoms with E-state index >= 15 is 0 Å². The third-order valence-corrected chi connectivity index (χ3v) is 5.94. The van der Waals surface area contributed by atoms with E-state index in [2.05, 4.69) is 45.5 Å². The van der Waals surface area contributed by atoms with Crippen LogP contribution in [-0.2, 0) is 9.53 Å². The molecule has 0 amide bonds. The van der Waals surface area contributed by atoms with Gasteiger partial charge >= 0.3 is 0 Å². The highest BCUT2D eigenvalue weighted by Gasteiger charge is 2.42. The summed E-state index contributed by atoms with van der Waals surface area (Å²) in [7, 11) is 0.